The largest absolute Gasteiger partial charge is 0.393 e. The summed E-state index contributed by atoms with van der Waals surface area (Å²) < 4.78 is 3.53. The fourth-order valence-corrected chi connectivity index (χ4v) is 3.80. The summed E-state index contributed by atoms with van der Waals surface area (Å²) >= 11 is 0. The quantitative estimate of drug-likeness (QED) is 0.575. The number of H-pyrrole nitrogens is 1. The van der Waals surface area contributed by atoms with Crippen LogP contribution in [0.25, 0.3) is 28.1 Å². The van der Waals surface area contributed by atoms with Gasteiger partial charge in [0.1, 0.15) is 11.8 Å². The fourth-order valence-electron chi connectivity index (χ4n) is 3.80. The second-order valence-corrected chi connectivity index (χ2v) is 6.77. The van der Waals surface area contributed by atoms with Crippen LogP contribution in [0.1, 0.15) is 31.7 Å². The molecule has 0 aliphatic heterocycles. The first kappa shape index (κ1) is 15.3. The number of aliphatic hydroxyl groups is 1. The van der Waals surface area contributed by atoms with Crippen molar-refractivity contribution in [3.63, 3.8) is 0 Å². The SMILES string of the molecule is O=c1[nH]c2cnc(-n3cnc4ccccc43)nc2n1C1CCC(O)CC1. The normalized spacial score (nSPS) is 20.8. The molecule has 0 radical (unpaired) electrons. The maximum absolute atomic E-state index is 12.5. The third-order valence-electron chi connectivity index (χ3n) is 5.14. The predicted molar refractivity (Wildman–Crippen MR) is 96.3 cm³/mol. The second kappa shape index (κ2) is 5.77. The lowest BCUT2D eigenvalue weighted by Crippen LogP contribution is -2.28. The van der Waals surface area contributed by atoms with E-state index in [1.54, 1.807) is 17.1 Å². The van der Waals surface area contributed by atoms with E-state index in [1.165, 1.54) is 0 Å². The van der Waals surface area contributed by atoms with Gasteiger partial charge in [-0.1, -0.05) is 12.1 Å². The fraction of sp³-hybridized carbons (Fsp3) is 0.333. The van der Waals surface area contributed by atoms with Crippen LogP contribution in [-0.4, -0.2) is 40.3 Å². The number of imidazole rings is 2. The maximum atomic E-state index is 12.5. The molecule has 5 rings (SSSR count). The highest BCUT2D eigenvalue weighted by atomic mass is 16.3. The molecule has 0 unspecified atom stereocenters. The highest BCUT2D eigenvalue weighted by Crippen LogP contribution is 2.29. The molecular weight excluding hydrogens is 332 g/mol. The van der Waals surface area contributed by atoms with Gasteiger partial charge in [-0.3, -0.25) is 9.13 Å². The van der Waals surface area contributed by atoms with Crippen LogP contribution < -0.4 is 5.69 Å². The topological polar surface area (TPSA) is 102 Å². The van der Waals surface area contributed by atoms with Crippen LogP contribution >= 0.6 is 0 Å². The monoisotopic (exact) mass is 350 g/mol. The van der Waals surface area contributed by atoms with E-state index < -0.39 is 0 Å². The van der Waals surface area contributed by atoms with Crippen molar-refractivity contribution in [2.75, 3.05) is 0 Å². The summed E-state index contributed by atoms with van der Waals surface area (Å²) in [5, 5.41) is 9.75. The van der Waals surface area contributed by atoms with Gasteiger partial charge in [-0.25, -0.2) is 14.8 Å². The minimum Gasteiger partial charge on any atom is -0.393 e. The van der Waals surface area contributed by atoms with Gasteiger partial charge in [0, 0.05) is 6.04 Å². The van der Waals surface area contributed by atoms with Gasteiger partial charge in [0.25, 0.3) is 0 Å². The lowest BCUT2D eigenvalue weighted by atomic mass is 9.93. The number of nitrogens with one attached hydrogen (secondary N) is 1. The Morgan fingerprint density at radius 2 is 1.92 bits per heavy atom. The first-order valence-electron chi connectivity index (χ1n) is 8.78. The molecule has 1 saturated carbocycles. The van der Waals surface area contributed by atoms with Gasteiger partial charge in [-0.05, 0) is 37.8 Å². The Hall–Kier alpha value is -3.00. The minimum absolute atomic E-state index is 0.0435. The Bertz CT molecular complexity index is 1150. The van der Waals surface area contributed by atoms with Crippen LogP contribution in [0.5, 0.6) is 0 Å². The number of fused-ring (bicyclic) bond motifs is 2. The van der Waals surface area contributed by atoms with Gasteiger partial charge in [0.15, 0.2) is 5.65 Å². The third kappa shape index (κ3) is 2.33. The second-order valence-electron chi connectivity index (χ2n) is 6.77. The molecule has 1 fully saturated rings. The molecule has 1 aliphatic carbocycles. The zero-order chi connectivity index (χ0) is 17.7. The van der Waals surface area contributed by atoms with E-state index >= 15 is 0 Å². The van der Waals surface area contributed by atoms with Crippen LogP contribution in [0.3, 0.4) is 0 Å². The average molecular weight is 350 g/mol. The summed E-state index contributed by atoms with van der Waals surface area (Å²) in [6, 6.07) is 7.82. The Balaban J connectivity index is 1.65. The van der Waals surface area contributed by atoms with Gasteiger partial charge in [-0.2, -0.15) is 4.98 Å². The first-order valence-corrected chi connectivity index (χ1v) is 8.78. The molecule has 1 aromatic carbocycles. The van der Waals surface area contributed by atoms with Gasteiger partial charge in [0.2, 0.25) is 5.95 Å². The van der Waals surface area contributed by atoms with Crippen molar-refractivity contribution in [3.05, 3.63) is 47.3 Å². The molecule has 1 aliphatic rings. The Labute approximate surface area is 148 Å². The minimum atomic E-state index is -0.269. The summed E-state index contributed by atoms with van der Waals surface area (Å²) in [5.41, 5.74) is 2.82. The number of aliphatic hydroxyl groups excluding tert-OH is 1. The van der Waals surface area contributed by atoms with E-state index in [2.05, 4.69) is 19.9 Å². The third-order valence-corrected chi connectivity index (χ3v) is 5.14. The number of aromatic nitrogens is 6. The van der Waals surface area contributed by atoms with Crippen LogP contribution in [0.4, 0.5) is 0 Å². The molecule has 0 spiro atoms. The number of para-hydroxylation sites is 2. The predicted octanol–water partition coefficient (Wildman–Crippen LogP) is 1.93. The number of benzene rings is 1. The first-order chi connectivity index (χ1) is 12.7. The van der Waals surface area contributed by atoms with Crippen LogP contribution in [0.2, 0.25) is 0 Å². The zero-order valence-electron chi connectivity index (χ0n) is 14.0. The number of rotatable bonds is 2. The molecule has 0 saturated heterocycles. The average Bonchev–Trinajstić information content (AvgIpc) is 3.22. The molecule has 0 bridgehead atoms. The van der Waals surface area contributed by atoms with Gasteiger partial charge < -0.3 is 10.1 Å². The van der Waals surface area contributed by atoms with E-state index in [1.807, 2.05) is 28.8 Å². The van der Waals surface area contributed by atoms with E-state index in [-0.39, 0.29) is 17.8 Å². The van der Waals surface area contributed by atoms with E-state index in [9.17, 15) is 9.90 Å². The molecule has 4 aromatic rings. The molecule has 8 heteroatoms. The van der Waals surface area contributed by atoms with Crippen LogP contribution in [0.15, 0.2) is 41.6 Å². The molecule has 3 heterocycles. The van der Waals surface area contributed by atoms with Crippen molar-refractivity contribution < 1.29 is 5.11 Å². The summed E-state index contributed by atoms with van der Waals surface area (Å²) in [4.78, 5) is 28.8. The maximum Gasteiger partial charge on any atom is 0.327 e. The molecule has 0 atom stereocenters. The van der Waals surface area contributed by atoms with E-state index in [0.29, 0.717) is 30.0 Å². The standard InChI is InChI=1S/C18H18N6O2/c25-12-7-5-11(6-8-12)24-16-14(21-18(24)26)9-19-17(22-16)23-10-20-13-3-1-2-4-15(13)23/h1-4,9-12,25H,5-8H2,(H,21,26). The number of hydrogen-bond donors (Lipinski definition) is 2. The summed E-state index contributed by atoms with van der Waals surface area (Å²) in [7, 11) is 0. The highest BCUT2D eigenvalue weighted by Gasteiger charge is 2.24. The van der Waals surface area contributed by atoms with Crippen molar-refractivity contribution >= 4 is 22.2 Å². The Morgan fingerprint density at radius 3 is 2.77 bits per heavy atom. The Morgan fingerprint density at radius 1 is 1.12 bits per heavy atom. The lowest BCUT2D eigenvalue weighted by Gasteiger charge is -2.25. The molecule has 26 heavy (non-hydrogen) atoms. The van der Waals surface area contributed by atoms with Crippen LogP contribution in [0, 0.1) is 0 Å². The van der Waals surface area contributed by atoms with Crippen molar-refractivity contribution in [1.82, 2.24) is 29.1 Å². The van der Waals surface area contributed by atoms with Crippen molar-refractivity contribution in [2.24, 2.45) is 0 Å². The molecule has 0 amide bonds. The highest BCUT2D eigenvalue weighted by molar-refractivity contribution is 5.77. The number of hydrogen-bond acceptors (Lipinski definition) is 5. The van der Waals surface area contributed by atoms with Gasteiger partial charge >= 0.3 is 5.69 Å². The summed E-state index contributed by atoms with van der Waals surface area (Å²) in [6.07, 6.45) is 6.00. The molecule has 132 valence electrons. The van der Waals surface area contributed by atoms with Crippen molar-refractivity contribution in [2.45, 2.75) is 37.8 Å². The summed E-state index contributed by atoms with van der Waals surface area (Å²) in [6.45, 7) is 0. The Kier molecular flexibility index (Phi) is 3.39. The molecular formula is C18H18N6O2. The number of nitrogens with zero attached hydrogens (tertiary/aromatic N) is 5. The number of aromatic amines is 1. The van der Waals surface area contributed by atoms with E-state index in [0.717, 1.165) is 23.9 Å². The molecule has 2 N–H and O–H groups in total. The zero-order valence-corrected chi connectivity index (χ0v) is 14.0. The summed E-state index contributed by atoms with van der Waals surface area (Å²) in [5.74, 6) is 0.481. The van der Waals surface area contributed by atoms with Crippen molar-refractivity contribution in [1.29, 1.82) is 0 Å². The van der Waals surface area contributed by atoms with Crippen LogP contribution in [-0.2, 0) is 0 Å². The smallest absolute Gasteiger partial charge is 0.327 e. The molecule has 3 aromatic heterocycles. The lowest BCUT2D eigenvalue weighted by molar-refractivity contribution is 0.111. The van der Waals surface area contributed by atoms with Gasteiger partial charge in [-0.15, -0.1) is 0 Å². The van der Waals surface area contributed by atoms with Gasteiger partial charge in [0.05, 0.1) is 23.3 Å². The molecule has 8 nitrogen and oxygen atoms in total. The van der Waals surface area contributed by atoms with Crippen molar-refractivity contribution in [3.8, 4) is 5.95 Å². The van der Waals surface area contributed by atoms with E-state index in [4.69, 9.17) is 0 Å².